The fourth-order valence-electron chi connectivity index (χ4n) is 4.42. The molecule has 3 aliphatic carbocycles. The van der Waals surface area contributed by atoms with Crippen molar-refractivity contribution in [2.45, 2.75) is 32.1 Å². The Morgan fingerprint density at radius 1 is 1.00 bits per heavy atom. The number of hydrogen-bond donors (Lipinski definition) is 1. The summed E-state index contributed by atoms with van der Waals surface area (Å²) in [6.45, 7) is 0.463. The molecule has 2 bridgehead atoms. The topological polar surface area (TPSA) is 20.2 Å². The van der Waals surface area contributed by atoms with Gasteiger partial charge in [-0.05, 0) is 55.3 Å². The molecule has 0 spiro atoms. The van der Waals surface area contributed by atoms with Crippen molar-refractivity contribution in [2.24, 2.45) is 29.6 Å². The number of rotatable bonds is 1. The van der Waals surface area contributed by atoms with Gasteiger partial charge >= 0.3 is 0 Å². The van der Waals surface area contributed by atoms with E-state index < -0.39 is 0 Å². The highest BCUT2D eigenvalue weighted by atomic mass is 16.3. The van der Waals surface area contributed by atoms with Crippen molar-refractivity contribution in [2.75, 3.05) is 6.61 Å². The molecule has 3 saturated carbocycles. The van der Waals surface area contributed by atoms with Gasteiger partial charge in [0, 0.05) is 6.61 Å². The molecule has 1 N–H and O–H groups in total. The van der Waals surface area contributed by atoms with E-state index in [2.05, 4.69) is 0 Å². The summed E-state index contributed by atoms with van der Waals surface area (Å²) in [5, 5.41) is 9.21. The van der Waals surface area contributed by atoms with Crippen LogP contribution in [0.15, 0.2) is 0 Å². The highest BCUT2D eigenvalue weighted by Crippen LogP contribution is 2.60. The maximum atomic E-state index is 9.21. The third kappa shape index (κ3) is 0.783. The van der Waals surface area contributed by atoms with Crippen LogP contribution in [-0.4, -0.2) is 11.7 Å². The molecule has 0 saturated heterocycles. The van der Waals surface area contributed by atoms with Gasteiger partial charge in [-0.1, -0.05) is 6.42 Å². The average Bonchev–Trinajstić information content (AvgIpc) is 2.75. The predicted octanol–water partition coefficient (Wildman–Crippen LogP) is 2.05. The summed E-state index contributed by atoms with van der Waals surface area (Å²) in [5.74, 6) is 4.74. The van der Waals surface area contributed by atoms with Crippen molar-refractivity contribution >= 4 is 0 Å². The van der Waals surface area contributed by atoms with Crippen LogP contribution in [0.3, 0.4) is 0 Å². The van der Waals surface area contributed by atoms with E-state index in [4.69, 9.17) is 0 Å². The number of aliphatic hydroxyl groups excluding tert-OH is 1. The molecule has 0 aromatic rings. The van der Waals surface area contributed by atoms with E-state index in [-0.39, 0.29) is 0 Å². The summed E-state index contributed by atoms with van der Waals surface area (Å²) in [7, 11) is 0. The molecule has 3 fully saturated rings. The van der Waals surface area contributed by atoms with Crippen molar-refractivity contribution < 1.29 is 5.11 Å². The normalized spacial score (nSPS) is 56.2. The predicted molar refractivity (Wildman–Crippen MR) is 47.6 cm³/mol. The van der Waals surface area contributed by atoms with Crippen molar-refractivity contribution in [1.82, 2.24) is 0 Å². The van der Waals surface area contributed by atoms with Gasteiger partial charge in [0.25, 0.3) is 0 Å². The summed E-state index contributed by atoms with van der Waals surface area (Å²) >= 11 is 0. The van der Waals surface area contributed by atoms with Crippen LogP contribution in [0.1, 0.15) is 32.1 Å². The van der Waals surface area contributed by atoms with Gasteiger partial charge in [-0.25, -0.2) is 0 Å². The molecule has 0 aromatic heterocycles. The molecular weight excluding hydrogens is 148 g/mol. The lowest BCUT2D eigenvalue weighted by Gasteiger charge is -2.30. The second-order valence-corrected chi connectivity index (χ2v) is 5.10. The van der Waals surface area contributed by atoms with Crippen molar-refractivity contribution in [3.8, 4) is 0 Å². The largest absolute Gasteiger partial charge is 0.396 e. The Morgan fingerprint density at radius 3 is 2.67 bits per heavy atom. The summed E-state index contributed by atoms with van der Waals surface area (Å²) < 4.78 is 0. The minimum atomic E-state index is 0.463. The molecule has 1 heteroatoms. The van der Waals surface area contributed by atoms with E-state index in [9.17, 15) is 5.11 Å². The smallest absolute Gasteiger partial charge is 0.0462 e. The third-order valence-corrected chi connectivity index (χ3v) is 4.80. The van der Waals surface area contributed by atoms with Gasteiger partial charge in [0.05, 0.1) is 0 Å². The number of hydrogen-bond acceptors (Lipinski definition) is 1. The standard InChI is InChI=1S/C11H18O/c12-6-8-4-7-5-11(8)10-3-1-2-9(7)10/h7-12H,1-6H2/t7-,8+,9-,10-,11-/m1/s1. The molecule has 3 rings (SSSR count). The summed E-state index contributed by atoms with van der Waals surface area (Å²) in [6, 6.07) is 0. The quantitative estimate of drug-likeness (QED) is 0.632. The zero-order valence-corrected chi connectivity index (χ0v) is 7.58. The van der Waals surface area contributed by atoms with Gasteiger partial charge in [-0.2, -0.15) is 0 Å². The van der Waals surface area contributed by atoms with Crippen LogP contribution < -0.4 is 0 Å². The molecule has 0 aromatic carbocycles. The lowest BCUT2D eigenvalue weighted by atomic mass is 9.76. The zero-order valence-electron chi connectivity index (χ0n) is 7.58. The Hall–Kier alpha value is -0.0400. The molecular formula is C11H18O. The van der Waals surface area contributed by atoms with E-state index >= 15 is 0 Å². The summed E-state index contributed by atoms with van der Waals surface area (Å²) in [4.78, 5) is 0. The first-order chi connectivity index (χ1) is 5.90. The van der Waals surface area contributed by atoms with Gasteiger partial charge in [0.15, 0.2) is 0 Å². The van der Waals surface area contributed by atoms with E-state index in [1.165, 1.54) is 32.1 Å². The van der Waals surface area contributed by atoms with Crippen LogP contribution in [0.2, 0.25) is 0 Å². The molecule has 0 aliphatic heterocycles. The Balaban J connectivity index is 1.83. The van der Waals surface area contributed by atoms with Crippen LogP contribution in [0.4, 0.5) is 0 Å². The summed E-state index contributed by atoms with van der Waals surface area (Å²) in [6.07, 6.45) is 7.26. The molecule has 0 heterocycles. The van der Waals surface area contributed by atoms with Gasteiger partial charge in [0.2, 0.25) is 0 Å². The van der Waals surface area contributed by atoms with Crippen molar-refractivity contribution in [1.29, 1.82) is 0 Å². The first-order valence-corrected chi connectivity index (χ1v) is 5.51. The maximum Gasteiger partial charge on any atom is 0.0462 e. The molecule has 0 unspecified atom stereocenters. The Bertz CT molecular complexity index is 187. The van der Waals surface area contributed by atoms with Gasteiger partial charge in [0.1, 0.15) is 0 Å². The van der Waals surface area contributed by atoms with Gasteiger partial charge in [-0.15, -0.1) is 0 Å². The number of fused-ring (bicyclic) bond motifs is 5. The first-order valence-electron chi connectivity index (χ1n) is 5.51. The molecule has 1 nitrogen and oxygen atoms in total. The second-order valence-electron chi connectivity index (χ2n) is 5.10. The van der Waals surface area contributed by atoms with E-state index in [1.807, 2.05) is 0 Å². The van der Waals surface area contributed by atoms with Crippen molar-refractivity contribution in [3.05, 3.63) is 0 Å². The minimum absolute atomic E-state index is 0.463. The fourth-order valence-corrected chi connectivity index (χ4v) is 4.42. The van der Waals surface area contributed by atoms with E-state index in [0.29, 0.717) is 12.5 Å². The molecule has 12 heavy (non-hydrogen) atoms. The average molecular weight is 166 g/mol. The lowest BCUT2D eigenvalue weighted by Crippen LogP contribution is -2.26. The highest BCUT2D eigenvalue weighted by Gasteiger charge is 2.53. The van der Waals surface area contributed by atoms with Crippen LogP contribution in [0.5, 0.6) is 0 Å². The Kier molecular flexibility index (Phi) is 1.52. The Morgan fingerprint density at radius 2 is 1.83 bits per heavy atom. The first kappa shape index (κ1) is 7.37. The SMILES string of the molecule is OC[C@@H]1C[C@@H]2C[C@H]1[C@@H]1CCC[C@H]21. The summed E-state index contributed by atoms with van der Waals surface area (Å²) in [5.41, 5.74) is 0. The molecule has 5 atom stereocenters. The lowest BCUT2D eigenvalue weighted by molar-refractivity contribution is 0.121. The zero-order chi connectivity index (χ0) is 8.13. The number of aliphatic hydroxyl groups is 1. The van der Waals surface area contributed by atoms with E-state index in [1.54, 1.807) is 0 Å². The third-order valence-electron chi connectivity index (χ3n) is 4.80. The highest BCUT2D eigenvalue weighted by molar-refractivity contribution is 5.02. The molecule has 0 amide bonds. The molecule has 0 radical (unpaired) electrons. The van der Waals surface area contributed by atoms with Gasteiger partial charge < -0.3 is 5.11 Å². The van der Waals surface area contributed by atoms with Crippen LogP contribution >= 0.6 is 0 Å². The molecule has 68 valence electrons. The minimum Gasteiger partial charge on any atom is -0.396 e. The van der Waals surface area contributed by atoms with E-state index in [0.717, 1.165) is 23.7 Å². The molecule has 3 aliphatic rings. The van der Waals surface area contributed by atoms with Crippen LogP contribution in [0, 0.1) is 29.6 Å². The van der Waals surface area contributed by atoms with Gasteiger partial charge in [-0.3, -0.25) is 0 Å². The van der Waals surface area contributed by atoms with Crippen molar-refractivity contribution in [3.63, 3.8) is 0 Å². The fraction of sp³-hybridized carbons (Fsp3) is 1.00. The second kappa shape index (κ2) is 2.47. The maximum absolute atomic E-state index is 9.21. The van der Waals surface area contributed by atoms with Crippen LogP contribution in [0.25, 0.3) is 0 Å². The van der Waals surface area contributed by atoms with Crippen LogP contribution in [-0.2, 0) is 0 Å². The Labute approximate surface area is 74.2 Å². The monoisotopic (exact) mass is 166 g/mol.